The molecule has 1 aliphatic carbocycles. The summed E-state index contributed by atoms with van der Waals surface area (Å²) in [7, 11) is 0. The van der Waals surface area contributed by atoms with Crippen LogP contribution in [0.15, 0.2) is 42.6 Å². The number of pyridine rings is 1. The van der Waals surface area contributed by atoms with Crippen molar-refractivity contribution in [2.75, 3.05) is 0 Å². The lowest BCUT2D eigenvalue weighted by molar-refractivity contribution is -0.0887. The quantitative estimate of drug-likeness (QED) is 0.722. The van der Waals surface area contributed by atoms with Gasteiger partial charge in [-0.05, 0) is 25.0 Å². The SMILES string of the molecule is C=C(C)c1cnc(C2C=C(C(F)(F)F)C=CC2)cc1Cl. The van der Waals surface area contributed by atoms with Gasteiger partial charge in [0.05, 0.1) is 10.6 Å². The first kappa shape index (κ1) is 14.9. The Labute approximate surface area is 120 Å². The van der Waals surface area contributed by atoms with E-state index in [2.05, 4.69) is 11.6 Å². The molecule has 1 aromatic heterocycles. The number of hydrogen-bond acceptors (Lipinski definition) is 1. The van der Waals surface area contributed by atoms with Crippen molar-refractivity contribution in [1.29, 1.82) is 0 Å². The molecule has 0 saturated heterocycles. The molecule has 0 amide bonds. The molecule has 106 valence electrons. The maximum Gasteiger partial charge on any atom is 0.416 e. The monoisotopic (exact) mass is 299 g/mol. The van der Waals surface area contributed by atoms with E-state index in [0.29, 0.717) is 22.7 Å². The van der Waals surface area contributed by atoms with E-state index in [0.717, 1.165) is 11.6 Å². The summed E-state index contributed by atoms with van der Waals surface area (Å²) >= 11 is 6.11. The molecule has 0 saturated carbocycles. The molecule has 0 N–H and O–H groups in total. The standard InChI is InChI=1S/C15H13ClF3N/c1-9(2)12-8-20-14(7-13(12)16)10-4-3-5-11(6-10)15(17,18)19/h3,5-8,10H,1,4H2,2H3. The fourth-order valence-corrected chi connectivity index (χ4v) is 2.36. The lowest BCUT2D eigenvalue weighted by Gasteiger charge is -2.18. The van der Waals surface area contributed by atoms with Gasteiger partial charge in [-0.3, -0.25) is 4.98 Å². The molecule has 0 aromatic carbocycles. The molecule has 1 nitrogen and oxygen atoms in total. The van der Waals surface area contributed by atoms with Crippen molar-refractivity contribution in [3.63, 3.8) is 0 Å². The summed E-state index contributed by atoms with van der Waals surface area (Å²) in [5.41, 5.74) is 1.37. The number of rotatable bonds is 2. The maximum atomic E-state index is 12.7. The van der Waals surface area contributed by atoms with E-state index >= 15 is 0 Å². The molecule has 1 aliphatic rings. The van der Waals surface area contributed by atoms with Gasteiger partial charge in [0.2, 0.25) is 0 Å². The Kier molecular flexibility index (Phi) is 4.04. The first-order chi connectivity index (χ1) is 9.29. The fourth-order valence-electron chi connectivity index (χ4n) is 2.04. The van der Waals surface area contributed by atoms with Crippen molar-refractivity contribution in [2.24, 2.45) is 0 Å². The summed E-state index contributed by atoms with van der Waals surface area (Å²) in [4.78, 5) is 4.21. The van der Waals surface area contributed by atoms with Crippen LogP contribution >= 0.6 is 11.6 Å². The minimum atomic E-state index is -4.34. The highest BCUT2D eigenvalue weighted by Gasteiger charge is 2.33. The average Bonchev–Trinajstić information content (AvgIpc) is 2.37. The second-order valence-corrected chi connectivity index (χ2v) is 5.14. The van der Waals surface area contributed by atoms with Crippen molar-refractivity contribution in [1.82, 2.24) is 4.98 Å². The molecule has 2 rings (SSSR count). The Bertz CT molecular complexity index is 600. The van der Waals surface area contributed by atoms with Crippen LogP contribution in [0, 0.1) is 0 Å². The van der Waals surface area contributed by atoms with Gasteiger partial charge in [-0.2, -0.15) is 13.2 Å². The van der Waals surface area contributed by atoms with Crippen molar-refractivity contribution in [2.45, 2.75) is 25.4 Å². The van der Waals surface area contributed by atoms with Crippen LogP contribution in [-0.2, 0) is 0 Å². The number of hydrogen-bond donors (Lipinski definition) is 0. The lowest BCUT2D eigenvalue weighted by atomic mass is 9.92. The third-order valence-corrected chi connectivity index (χ3v) is 3.42. The molecule has 0 bridgehead atoms. The second-order valence-electron chi connectivity index (χ2n) is 4.73. The van der Waals surface area contributed by atoms with E-state index in [1.165, 1.54) is 12.2 Å². The van der Waals surface area contributed by atoms with Gasteiger partial charge in [-0.25, -0.2) is 0 Å². The van der Waals surface area contributed by atoms with Gasteiger partial charge >= 0.3 is 6.18 Å². The number of allylic oxidation sites excluding steroid dienone is 5. The molecule has 0 fully saturated rings. The van der Waals surface area contributed by atoms with E-state index in [1.54, 1.807) is 19.2 Å². The Balaban J connectivity index is 2.34. The van der Waals surface area contributed by atoms with Gasteiger partial charge in [0.25, 0.3) is 0 Å². The fraction of sp³-hybridized carbons (Fsp3) is 0.267. The minimum Gasteiger partial charge on any atom is -0.260 e. The second kappa shape index (κ2) is 5.44. The molecule has 0 radical (unpaired) electrons. The summed E-state index contributed by atoms with van der Waals surface area (Å²) < 4.78 is 38.1. The molecule has 0 aliphatic heterocycles. The van der Waals surface area contributed by atoms with Gasteiger partial charge in [0, 0.05) is 23.4 Å². The molecule has 1 unspecified atom stereocenters. The highest BCUT2D eigenvalue weighted by atomic mass is 35.5. The van der Waals surface area contributed by atoms with Crippen LogP contribution in [0.25, 0.3) is 5.57 Å². The molecule has 5 heteroatoms. The third kappa shape index (κ3) is 3.12. The summed E-state index contributed by atoms with van der Waals surface area (Å²) in [5, 5.41) is 0.457. The molecule has 1 atom stereocenters. The Morgan fingerprint density at radius 3 is 2.70 bits per heavy atom. The molecular weight excluding hydrogens is 287 g/mol. The van der Waals surface area contributed by atoms with E-state index in [4.69, 9.17) is 11.6 Å². The Morgan fingerprint density at radius 2 is 2.15 bits per heavy atom. The molecule has 20 heavy (non-hydrogen) atoms. The van der Waals surface area contributed by atoms with Gasteiger partial charge in [0.1, 0.15) is 0 Å². The number of alkyl halides is 3. The topological polar surface area (TPSA) is 12.9 Å². The zero-order valence-electron chi connectivity index (χ0n) is 10.8. The van der Waals surface area contributed by atoms with Crippen LogP contribution in [0.5, 0.6) is 0 Å². The van der Waals surface area contributed by atoms with E-state index < -0.39 is 17.7 Å². The van der Waals surface area contributed by atoms with Crippen molar-refractivity contribution in [3.8, 4) is 0 Å². The first-order valence-electron chi connectivity index (χ1n) is 6.06. The summed E-state index contributed by atoms with van der Waals surface area (Å²) in [5.74, 6) is -0.409. The molecule has 1 heterocycles. The lowest BCUT2D eigenvalue weighted by Crippen LogP contribution is -2.14. The van der Waals surface area contributed by atoms with Crippen LogP contribution in [0.2, 0.25) is 5.02 Å². The summed E-state index contributed by atoms with van der Waals surface area (Å²) in [6.07, 6.45) is 1.50. The average molecular weight is 300 g/mol. The van der Waals surface area contributed by atoms with Crippen molar-refractivity contribution >= 4 is 17.2 Å². The highest BCUT2D eigenvalue weighted by molar-refractivity contribution is 6.32. The largest absolute Gasteiger partial charge is 0.416 e. The van der Waals surface area contributed by atoms with Crippen LogP contribution in [-0.4, -0.2) is 11.2 Å². The molecule has 0 spiro atoms. The normalized spacial score (nSPS) is 18.9. The van der Waals surface area contributed by atoms with E-state index in [9.17, 15) is 13.2 Å². The van der Waals surface area contributed by atoms with E-state index in [-0.39, 0.29) is 0 Å². The highest BCUT2D eigenvalue weighted by Crippen LogP contribution is 2.35. The predicted molar refractivity (Wildman–Crippen MR) is 74.6 cm³/mol. The summed E-state index contributed by atoms with van der Waals surface area (Å²) in [6.45, 7) is 5.58. The predicted octanol–water partition coefficient (Wildman–Crippen LogP) is 5.30. The summed E-state index contributed by atoms with van der Waals surface area (Å²) in [6, 6.07) is 1.61. The van der Waals surface area contributed by atoms with Gasteiger partial charge in [-0.15, -0.1) is 0 Å². The van der Waals surface area contributed by atoms with Crippen molar-refractivity contribution < 1.29 is 13.2 Å². The Hall–Kier alpha value is -1.55. The van der Waals surface area contributed by atoms with E-state index in [1.807, 2.05) is 0 Å². The van der Waals surface area contributed by atoms with Gasteiger partial charge in [0.15, 0.2) is 0 Å². The van der Waals surface area contributed by atoms with Crippen LogP contribution in [0.3, 0.4) is 0 Å². The van der Waals surface area contributed by atoms with Gasteiger partial charge in [-0.1, -0.05) is 36.4 Å². The zero-order valence-corrected chi connectivity index (χ0v) is 11.6. The number of nitrogens with zero attached hydrogens (tertiary/aromatic N) is 1. The number of aromatic nitrogens is 1. The van der Waals surface area contributed by atoms with Crippen LogP contribution in [0.4, 0.5) is 13.2 Å². The third-order valence-electron chi connectivity index (χ3n) is 3.11. The van der Waals surface area contributed by atoms with Gasteiger partial charge < -0.3 is 0 Å². The van der Waals surface area contributed by atoms with Crippen molar-refractivity contribution in [3.05, 3.63) is 58.9 Å². The molecule has 1 aromatic rings. The zero-order chi connectivity index (χ0) is 14.9. The maximum absolute atomic E-state index is 12.7. The number of halogens is 4. The Morgan fingerprint density at radius 1 is 1.45 bits per heavy atom. The van der Waals surface area contributed by atoms with Crippen LogP contribution < -0.4 is 0 Å². The smallest absolute Gasteiger partial charge is 0.260 e. The molecular formula is C15H13ClF3N. The van der Waals surface area contributed by atoms with Crippen LogP contribution in [0.1, 0.15) is 30.5 Å². The minimum absolute atomic E-state index is 0.409. The first-order valence-corrected chi connectivity index (χ1v) is 6.43.